The zero-order valence-electron chi connectivity index (χ0n) is 79.8. The third-order valence-corrected chi connectivity index (χ3v) is 18.8. The van der Waals surface area contributed by atoms with Crippen LogP contribution in [-0.2, 0) is 0 Å². The minimum Gasteiger partial charge on any atom is -0.455 e. The van der Waals surface area contributed by atoms with Crippen molar-refractivity contribution in [3.63, 3.8) is 0 Å². The fourth-order valence-corrected chi connectivity index (χ4v) is 14.2. The lowest BCUT2D eigenvalue weighted by atomic mass is 9.85. The summed E-state index contributed by atoms with van der Waals surface area (Å²) in [5, 5.41) is 1.01. The maximum atomic E-state index is 9.39. The molecule has 0 saturated carbocycles. The van der Waals surface area contributed by atoms with E-state index in [2.05, 4.69) is 54.6 Å². The normalized spacial score (nSPS) is 15.1. The van der Waals surface area contributed by atoms with Gasteiger partial charge in [-0.05, 0) is 192 Å². The molecule has 20 aromatic rings. The molecule has 2 heterocycles. The van der Waals surface area contributed by atoms with Crippen LogP contribution in [0.3, 0.4) is 0 Å². The van der Waals surface area contributed by atoms with Crippen LogP contribution < -0.4 is 0 Å². The first-order chi connectivity index (χ1) is 61.4. The van der Waals surface area contributed by atoms with Gasteiger partial charge in [-0.3, -0.25) is 0 Å². The summed E-state index contributed by atoms with van der Waals surface area (Å²) in [6, 6.07) is 57.8. The third-order valence-electron chi connectivity index (χ3n) is 18.8. The topological polar surface area (TPSA) is 26.3 Å². The van der Waals surface area contributed by atoms with Crippen LogP contribution in [0.25, 0.3) is 198 Å². The number of benzene rings is 18. The van der Waals surface area contributed by atoms with Crippen LogP contribution in [0, 0.1) is 0 Å². The molecule has 102 heavy (non-hydrogen) atoms. The highest BCUT2D eigenvalue weighted by molar-refractivity contribution is 6.25. The lowest BCUT2D eigenvalue weighted by molar-refractivity contribution is 0.669. The van der Waals surface area contributed by atoms with Gasteiger partial charge in [0.05, 0.1) is 35.6 Å². The van der Waals surface area contributed by atoms with Gasteiger partial charge in [0.25, 0.3) is 0 Å². The molecular weight excluding hydrogens is 1230 g/mol. The predicted molar refractivity (Wildman–Crippen MR) is 432 cm³/mol. The van der Waals surface area contributed by atoms with Crippen molar-refractivity contribution in [2.24, 2.45) is 0 Å². The van der Waals surface area contributed by atoms with Gasteiger partial charge in [0.1, 0.15) is 22.3 Å². The van der Waals surface area contributed by atoms with Crippen molar-refractivity contribution in [1.29, 1.82) is 0 Å². The monoisotopic (exact) mass is 1320 g/mol. The van der Waals surface area contributed by atoms with Crippen molar-refractivity contribution < 1.29 is 44.5 Å². The van der Waals surface area contributed by atoms with E-state index in [0.717, 1.165) is 66.8 Å². The van der Waals surface area contributed by atoms with Gasteiger partial charge in [0, 0.05) is 32.7 Å². The molecule has 20 rings (SSSR count). The first kappa shape index (κ1) is 38.7. The second-order valence-electron chi connectivity index (χ2n) is 24.5. The minimum absolute atomic E-state index is 0.0476. The van der Waals surface area contributed by atoms with Gasteiger partial charge in [0.2, 0.25) is 0 Å². The van der Waals surface area contributed by atoms with Gasteiger partial charge in [-0.2, -0.15) is 0 Å². The molecule has 0 radical (unpaired) electrons. The fraction of sp³-hybridized carbons (Fsp3) is 0. The molecule has 0 N–H and O–H groups in total. The predicted octanol–water partition coefficient (Wildman–Crippen LogP) is 28.5. The van der Waals surface area contributed by atoms with E-state index < -0.39 is 168 Å². The molecule has 2 heteroatoms. The Hall–Kier alpha value is -13.4. The Kier molecular flexibility index (Phi) is 9.66. The lowest BCUT2D eigenvalue weighted by Gasteiger charge is -2.17. The van der Waals surface area contributed by atoms with E-state index in [9.17, 15) is 11.0 Å². The highest BCUT2D eigenvalue weighted by Crippen LogP contribution is 2.50. The second-order valence-corrected chi connectivity index (χ2v) is 24.5. The van der Waals surface area contributed by atoms with Crippen LogP contribution in [0.1, 0.15) is 35.6 Å². The summed E-state index contributed by atoms with van der Waals surface area (Å²) >= 11 is 0. The Morgan fingerprint density at radius 2 is 0.500 bits per heavy atom. The van der Waals surface area contributed by atoms with E-state index in [-0.39, 0.29) is 65.3 Å². The van der Waals surface area contributed by atoms with Crippen LogP contribution in [0.2, 0.25) is 0 Å². The quantitative estimate of drug-likeness (QED) is 0.128. The van der Waals surface area contributed by atoms with E-state index >= 15 is 0 Å². The Balaban J connectivity index is 0.000000167. The molecule has 0 atom stereocenters. The Labute approximate surface area is 628 Å². The van der Waals surface area contributed by atoms with E-state index in [1.807, 2.05) is 140 Å². The molecule has 0 fully saturated rings. The van der Waals surface area contributed by atoms with E-state index in [0.29, 0.717) is 55.0 Å². The smallest absolute Gasteiger partial charge is 0.143 e. The van der Waals surface area contributed by atoms with Crippen LogP contribution in [-0.4, -0.2) is 0 Å². The summed E-state index contributed by atoms with van der Waals surface area (Å²) in [6.07, 6.45) is 0. The van der Waals surface area contributed by atoms with E-state index in [4.69, 9.17) is 33.5 Å². The van der Waals surface area contributed by atoms with Crippen molar-refractivity contribution in [3.8, 4) is 111 Å². The van der Waals surface area contributed by atoms with Gasteiger partial charge in [-0.1, -0.05) is 339 Å². The summed E-state index contributed by atoms with van der Waals surface area (Å²) < 4.78 is 245. The molecule has 2 aromatic heterocycles. The summed E-state index contributed by atoms with van der Waals surface area (Å²) in [7, 11) is 0. The summed E-state index contributed by atoms with van der Waals surface area (Å²) in [4.78, 5) is 0. The molecule has 476 valence electrons. The van der Waals surface area contributed by atoms with Crippen LogP contribution in [0.4, 0.5) is 0 Å². The lowest BCUT2D eigenvalue weighted by Crippen LogP contribution is -1.90. The van der Waals surface area contributed by atoms with Gasteiger partial charge in [-0.15, -0.1) is 0 Å². The molecule has 0 bridgehead atoms. The van der Waals surface area contributed by atoms with Crippen molar-refractivity contribution in [2.45, 2.75) is 0 Å². The maximum Gasteiger partial charge on any atom is 0.143 e. The second kappa shape index (κ2) is 25.5. The van der Waals surface area contributed by atoms with E-state index in [1.165, 1.54) is 0 Å². The third kappa shape index (κ3) is 10.5. The molecule has 0 unspecified atom stereocenters. The summed E-state index contributed by atoms with van der Waals surface area (Å²) in [5.74, 6) is 0. The zero-order valence-corrected chi connectivity index (χ0v) is 53.8. The molecule has 18 aromatic carbocycles. The number of hydrogen-bond donors (Lipinski definition) is 0. The van der Waals surface area contributed by atoms with Gasteiger partial charge in [-0.25, -0.2) is 0 Å². The van der Waals surface area contributed by atoms with Crippen molar-refractivity contribution >= 4 is 87.0 Å². The molecule has 2 nitrogen and oxygen atoms in total. The number of hydrogen-bond acceptors (Lipinski definition) is 2. The Morgan fingerprint density at radius 1 is 0.167 bits per heavy atom. The van der Waals surface area contributed by atoms with Gasteiger partial charge in [0.15, 0.2) is 0 Å². The highest BCUT2D eigenvalue weighted by atomic mass is 16.3. The van der Waals surface area contributed by atoms with E-state index in [1.54, 1.807) is 36.4 Å². The molecule has 0 saturated heterocycles. The summed E-state index contributed by atoms with van der Waals surface area (Å²) in [5.41, 5.74) is 12.7. The fourth-order valence-electron chi connectivity index (χ4n) is 14.2. The zero-order chi connectivity index (χ0) is 90.1. The highest BCUT2D eigenvalue weighted by Gasteiger charge is 2.24. The molecule has 0 aliphatic carbocycles. The number of fused-ring (bicyclic) bond motifs is 10. The van der Waals surface area contributed by atoms with Gasteiger partial charge < -0.3 is 8.83 Å². The average Bonchev–Trinajstić information content (AvgIpc) is 1.21. The van der Waals surface area contributed by atoms with Crippen LogP contribution in [0.15, 0.2) is 396 Å². The first-order valence-electron chi connectivity index (χ1n) is 45.9. The largest absolute Gasteiger partial charge is 0.455 e. The molecule has 0 aliphatic rings. The molecule has 0 aliphatic heterocycles. The molecular formula is C100H64O2. The van der Waals surface area contributed by atoms with Crippen LogP contribution >= 0.6 is 0 Å². The Morgan fingerprint density at radius 3 is 0.971 bits per heavy atom. The molecule has 0 amide bonds. The van der Waals surface area contributed by atoms with Crippen molar-refractivity contribution in [2.75, 3.05) is 0 Å². The minimum atomic E-state index is -0.721. The number of furan rings is 2. The van der Waals surface area contributed by atoms with Crippen molar-refractivity contribution in [3.05, 3.63) is 388 Å². The summed E-state index contributed by atoms with van der Waals surface area (Å²) in [6.45, 7) is 0. The first-order valence-corrected chi connectivity index (χ1v) is 32.9. The maximum absolute atomic E-state index is 9.39. The molecule has 0 spiro atoms. The number of rotatable bonds is 10. The standard InChI is InChI=1S/2C50H32O/c1-4-15-33(16-5-1)36-21-14-22-37(29-36)39-31-44(34-17-6-2-7-18-34)50-46(32-39)45-30-38(27-28-47(45)51-50)49-42-25-12-10-23-40(42)48(35-19-8-3-9-20-35)41-24-11-13-26-43(41)49;1-4-14-33(15-5-1)34-24-26-35(27-25-34)39-29-30-44-45-32-38(28-31-46(45)51-50(44)49(39)37-18-8-3-9-19-37)48-42-22-12-10-20-40(42)47(36-16-6-2-7-17-36)41-21-11-13-23-43(41)48/h2*1-32H/i3D,8D,9D,10D,11D,12D,13D,19D,20D,23D,24D,25D,26D;2D,6D,7D,10D,11D,12D,13D,16D,17D,20D,21D,22D,23D. The van der Waals surface area contributed by atoms with Gasteiger partial charge >= 0.3 is 0 Å². The average molecular weight is 1320 g/mol. The Bertz CT molecular complexity index is 8000. The SMILES string of the molecule is [2H]c1c([2H])c([2H])c(-c2c3c([2H])c([2H])c([2H])c([2H])c3c(-c3ccc4oc5c(-c6ccccc6)c(-c6ccc(-c7ccccc7)cc6)ccc5c4c3)c3c([2H])c([2H])c([2H])c([2H])c23)c([2H])c1[2H].[2H]c1c([2H])c([2H])c(-c2c3c([2H])c([2H])c([2H])c([2H])c3c(-c3ccc4oc5c(-c6ccccc6)cc(-c6cccc(-c7ccccc7)c6)cc5c4c3)c3c([2H])c([2H])c([2H])c([2H])c23)c([2H])c1[2H]. The van der Waals surface area contributed by atoms with Crippen LogP contribution in [0.5, 0.6) is 0 Å². The van der Waals surface area contributed by atoms with Crippen molar-refractivity contribution in [1.82, 2.24) is 0 Å².